The van der Waals surface area contributed by atoms with Gasteiger partial charge in [-0.15, -0.1) is 0 Å². The summed E-state index contributed by atoms with van der Waals surface area (Å²) in [5.41, 5.74) is 4.46. The first-order chi connectivity index (χ1) is 10.4. The van der Waals surface area contributed by atoms with Gasteiger partial charge in [0.05, 0.1) is 28.6 Å². The molecule has 4 rings (SSSR count). The molecule has 0 atom stereocenters. The number of pyridine rings is 1. The summed E-state index contributed by atoms with van der Waals surface area (Å²) in [5, 5.41) is 0. The number of fused-ring (bicyclic) bond motifs is 2. The minimum atomic E-state index is 0.825. The largest absolute Gasteiger partial charge is 0.306 e. The highest BCUT2D eigenvalue weighted by Crippen LogP contribution is 2.11. The van der Waals surface area contributed by atoms with Crippen molar-refractivity contribution >= 4 is 28.8 Å². The maximum atomic E-state index is 4.56. The van der Waals surface area contributed by atoms with E-state index < -0.39 is 0 Å². The van der Waals surface area contributed by atoms with E-state index >= 15 is 0 Å². The summed E-state index contributed by atoms with van der Waals surface area (Å²) in [7, 11) is 0. The minimum absolute atomic E-state index is 0.825. The summed E-state index contributed by atoms with van der Waals surface area (Å²) in [6.45, 7) is 0. The first-order valence-corrected chi connectivity index (χ1v) is 6.72. The van der Waals surface area contributed by atoms with Gasteiger partial charge in [0.25, 0.3) is 0 Å². The number of hydrogen-bond acceptors (Lipinski definition) is 3. The smallest absolute Gasteiger partial charge is 0.137 e. The van der Waals surface area contributed by atoms with E-state index in [1.165, 1.54) is 0 Å². The van der Waals surface area contributed by atoms with E-state index in [0.29, 0.717) is 0 Å². The Morgan fingerprint density at radius 2 is 1.62 bits per heavy atom. The van der Waals surface area contributed by atoms with Gasteiger partial charge < -0.3 is 4.40 Å². The average Bonchev–Trinajstić information content (AvgIpc) is 2.95. The van der Waals surface area contributed by atoms with Gasteiger partial charge >= 0.3 is 0 Å². The molecule has 0 fully saturated rings. The third kappa shape index (κ3) is 2.27. The molecule has 0 aliphatic rings. The van der Waals surface area contributed by atoms with Crippen molar-refractivity contribution in [3.8, 4) is 0 Å². The molecule has 3 heterocycles. The molecule has 0 radical (unpaired) electrons. The standard InChI is InChI=1S/C17H12N4/c1-2-6-16-15(5-1)18-11-13(19-16)8-9-14-12-21-10-4-3-7-17(21)20-14/h1-12H. The molecule has 0 amide bonds. The summed E-state index contributed by atoms with van der Waals surface area (Å²) in [4.78, 5) is 13.5. The van der Waals surface area contributed by atoms with E-state index in [1.54, 1.807) is 6.20 Å². The Balaban J connectivity index is 1.69. The van der Waals surface area contributed by atoms with Crippen molar-refractivity contribution in [1.82, 2.24) is 19.4 Å². The van der Waals surface area contributed by atoms with Crippen molar-refractivity contribution in [2.45, 2.75) is 0 Å². The molecule has 0 aliphatic carbocycles. The van der Waals surface area contributed by atoms with Crippen LogP contribution in [-0.2, 0) is 0 Å². The zero-order valence-electron chi connectivity index (χ0n) is 11.2. The zero-order chi connectivity index (χ0) is 14.1. The van der Waals surface area contributed by atoms with E-state index in [-0.39, 0.29) is 0 Å². The zero-order valence-corrected chi connectivity index (χ0v) is 11.2. The van der Waals surface area contributed by atoms with Crippen LogP contribution in [0.3, 0.4) is 0 Å². The van der Waals surface area contributed by atoms with Crippen LogP contribution in [0.15, 0.2) is 61.1 Å². The highest BCUT2D eigenvalue weighted by Gasteiger charge is 1.98. The maximum absolute atomic E-state index is 4.56. The molecule has 3 aromatic heterocycles. The van der Waals surface area contributed by atoms with Gasteiger partial charge in [-0.25, -0.2) is 9.97 Å². The SMILES string of the molecule is C(=Cc1cn2ccccc2n1)c1cnc2ccccc2n1. The first-order valence-electron chi connectivity index (χ1n) is 6.72. The topological polar surface area (TPSA) is 43.1 Å². The highest BCUT2D eigenvalue weighted by atomic mass is 15.0. The Morgan fingerprint density at radius 1 is 0.810 bits per heavy atom. The normalized spacial score (nSPS) is 11.6. The van der Waals surface area contributed by atoms with Gasteiger partial charge in [0.15, 0.2) is 0 Å². The van der Waals surface area contributed by atoms with Crippen LogP contribution < -0.4 is 0 Å². The van der Waals surface area contributed by atoms with Crippen molar-refractivity contribution < 1.29 is 0 Å². The number of para-hydroxylation sites is 2. The number of benzene rings is 1. The Bertz CT molecular complexity index is 920. The number of imidazole rings is 1. The summed E-state index contributed by atoms with van der Waals surface area (Å²) in [6.07, 6.45) is 9.62. The van der Waals surface area contributed by atoms with Gasteiger partial charge in [-0.05, 0) is 36.4 Å². The summed E-state index contributed by atoms with van der Waals surface area (Å²) in [5.74, 6) is 0. The van der Waals surface area contributed by atoms with Crippen LogP contribution in [-0.4, -0.2) is 19.4 Å². The van der Waals surface area contributed by atoms with Crippen molar-refractivity contribution in [1.29, 1.82) is 0 Å². The van der Waals surface area contributed by atoms with Gasteiger partial charge in [0, 0.05) is 12.4 Å². The average molecular weight is 272 g/mol. The van der Waals surface area contributed by atoms with E-state index in [4.69, 9.17) is 0 Å². The van der Waals surface area contributed by atoms with Gasteiger partial charge in [-0.3, -0.25) is 4.98 Å². The van der Waals surface area contributed by atoms with Crippen molar-refractivity contribution in [2.75, 3.05) is 0 Å². The van der Waals surface area contributed by atoms with Crippen molar-refractivity contribution in [2.24, 2.45) is 0 Å². The molecule has 4 nitrogen and oxygen atoms in total. The van der Waals surface area contributed by atoms with Crippen LogP contribution in [0.1, 0.15) is 11.4 Å². The van der Waals surface area contributed by atoms with Crippen LogP contribution in [0.5, 0.6) is 0 Å². The predicted octanol–water partition coefficient (Wildman–Crippen LogP) is 3.45. The lowest BCUT2D eigenvalue weighted by atomic mass is 10.3. The van der Waals surface area contributed by atoms with Crippen LogP contribution in [0.25, 0.3) is 28.8 Å². The first kappa shape index (κ1) is 11.8. The van der Waals surface area contributed by atoms with Crippen LogP contribution >= 0.6 is 0 Å². The fourth-order valence-corrected chi connectivity index (χ4v) is 2.26. The molecular weight excluding hydrogens is 260 g/mol. The molecule has 0 N–H and O–H groups in total. The number of aromatic nitrogens is 4. The molecule has 0 spiro atoms. The second-order valence-electron chi connectivity index (χ2n) is 4.75. The molecule has 1 aromatic carbocycles. The molecule has 0 saturated carbocycles. The number of rotatable bonds is 2. The van der Waals surface area contributed by atoms with Crippen LogP contribution in [0.4, 0.5) is 0 Å². The van der Waals surface area contributed by atoms with Gasteiger partial charge in [0.2, 0.25) is 0 Å². The Kier molecular flexibility index (Phi) is 2.71. The van der Waals surface area contributed by atoms with E-state index in [1.807, 2.05) is 71.4 Å². The van der Waals surface area contributed by atoms with Gasteiger partial charge in [-0.1, -0.05) is 18.2 Å². The molecule has 100 valence electrons. The highest BCUT2D eigenvalue weighted by molar-refractivity contribution is 5.76. The molecule has 0 bridgehead atoms. The molecule has 0 saturated heterocycles. The second-order valence-corrected chi connectivity index (χ2v) is 4.75. The molecule has 4 heteroatoms. The monoisotopic (exact) mass is 272 g/mol. The van der Waals surface area contributed by atoms with Crippen molar-refractivity contribution in [3.63, 3.8) is 0 Å². The lowest BCUT2D eigenvalue weighted by molar-refractivity contribution is 1.19. The van der Waals surface area contributed by atoms with Gasteiger partial charge in [0.1, 0.15) is 5.65 Å². The fourth-order valence-electron chi connectivity index (χ4n) is 2.26. The summed E-state index contributed by atoms with van der Waals surface area (Å²) >= 11 is 0. The van der Waals surface area contributed by atoms with E-state index in [0.717, 1.165) is 28.1 Å². The number of hydrogen-bond donors (Lipinski definition) is 0. The Morgan fingerprint density at radius 3 is 2.52 bits per heavy atom. The molecule has 4 aromatic rings. The molecule has 21 heavy (non-hydrogen) atoms. The number of nitrogens with zero attached hydrogens (tertiary/aromatic N) is 4. The van der Waals surface area contributed by atoms with E-state index in [2.05, 4.69) is 15.0 Å². The third-order valence-electron chi connectivity index (χ3n) is 3.27. The van der Waals surface area contributed by atoms with Crippen LogP contribution in [0.2, 0.25) is 0 Å². The lowest BCUT2D eigenvalue weighted by Crippen LogP contribution is -1.86. The van der Waals surface area contributed by atoms with Gasteiger partial charge in [-0.2, -0.15) is 0 Å². The molecular formula is C17H12N4. The Hall–Kier alpha value is -3.01. The third-order valence-corrected chi connectivity index (χ3v) is 3.27. The minimum Gasteiger partial charge on any atom is -0.306 e. The van der Waals surface area contributed by atoms with Crippen molar-refractivity contribution in [3.05, 3.63) is 72.4 Å². The van der Waals surface area contributed by atoms with Crippen LogP contribution in [0, 0.1) is 0 Å². The summed E-state index contributed by atoms with van der Waals surface area (Å²) < 4.78 is 1.99. The second kappa shape index (κ2) is 4.83. The molecule has 0 aliphatic heterocycles. The van der Waals surface area contributed by atoms with E-state index in [9.17, 15) is 0 Å². The quantitative estimate of drug-likeness (QED) is 0.561. The Labute approximate surface area is 121 Å². The fraction of sp³-hybridized carbons (Fsp3) is 0. The lowest BCUT2D eigenvalue weighted by Gasteiger charge is -1.96. The summed E-state index contributed by atoms with van der Waals surface area (Å²) in [6, 6.07) is 13.8. The maximum Gasteiger partial charge on any atom is 0.137 e. The predicted molar refractivity (Wildman–Crippen MR) is 83.7 cm³/mol. The molecule has 0 unspecified atom stereocenters.